The Morgan fingerprint density at radius 1 is 1.32 bits per heavy atom. The van der Waals surface area contributed by atoms with Gasteiger partial charge >= 0.3 is 0 Å². The normalized spacial score (nSPS) is 10.7. The van der Waals surface area contributed by atoms with Gasteiger partial charge in [0, 0.05) is 19.8 Å². The molecule has 0 spiro atoms. The molecule has 108 valence electrons. The predicted octanol–water partition coefficient (Wildman–Crippen LogP) is 2.68. The molecule has 0 saturated carbocycles. The van der Waals surface area contributed by atoms with Gasteiger partial charge in [-0.15, -0.1) is 0 Å². The largest absolute Gasteiger partial charge is 0.473 e. The van der Waals surface area contributed by atoms with Gasteiger partial charge in [0.25, 0.3) is 0 Å². The Hall–Kier alpha value is -1.49. The number of nitrogens with two attached hydrogens (primary N) is 1. The fraction of sp³-hybridized carbons (Fsp3) is 0.643. The Morgan fingerprint density at radius 2 is 2.11 bits per heavy atom. The van der Waals surface area contributed by atoms with Gasteiger partial charge in [0.15, 0.2) is 0 Å². The molecule has 19 heavy (non-hydrogen) atoms. The fourth-order valence-corrected chi connectivity index (χ4v) is 1.50. The summed E-state index contributed by atoms with van der Waals surface area (Å²) in [5.74, 6) is 1.27. The van der Waals surface area contributed by atoms with E-state index in [4.69, 9.17) is 15.2 Å². The van der Waals surface area contributed by atoms with Crippen molar-refractivity contribution < 1.29 is 9.47 Å². The average Bonchev–Trinajstić information content (AvgIpc) is 2.37. The summed E-state index contributed by atoms with van der Waals surface area (Å²) in [6, 6.07) is 3.66. The third-order valence-electron chi connectivity index (χ3n) is 2.36. The molecule has 1 heterocycles. The van der Waals surface area contributed by atoms with Crippen molar-refractivity contribution in [1.29, 1.82) is 0 Å². The summed E-state index contributed by atoms with van der Waals surface area (Å²) in [7, 11) is 0. The second-order valence-corrected chi connectivity index (χ2v) is 4.65. The molecule has 0 bridgehead atoms. The van der Waals surface area contributed by atoms with Gasteiger partial charge in [-0.3, -0.25) is 0 Å². The predicted molar refractivity (Wildman–Crippen MR) is 78.6 cm³/mol. The van der Waals surface area contributed by atoms with Crippen LogP contribution in [0.4, 0.5) is 11.5 Å². The summed E-state index contributed by atoms with van der Waals surface area (Å²) in [6.45, 7) is 8.42. The van der Waals surface area contributed by atoms with Gasteiger partial charge in [0.2, 0.25) is 5.88 Å². The highest BCUT2D eigenvalue weighted by molar-refractivity contribution is 5.53. The Balaban J connectivity index is 2.37. The van der Waals surface area contributed by atoms with Gasteiger partial charge in [-0.25, -0.2) is 0 Å². The van der Waals surface area contributed by atoms with E-state index in [0.29, 0.717) is 11.6 Å². The summed E-state index contributed by atoms with van der Waals surface area (Å²) in [4.78, 5) is 4.35. The van der Waals surface area contributed by atoms with E-state index in [0.717, 1.165) is 38.4 Å². The molecule has 0 unspecified atom stereocenters. The monoisotopic (exact) mass is 267 g/mol. The van der Waals surface area contributed by atoms with Crippen molar-refractivity contribution in [3.8, 4) is 5.88 Å². The Morgan fingerprint density at radius 3 is 2.79 bits per heavy atom. The minimum absolute atomic E-state index is 0.0625. The molecule has 0 fully saturated rings. The average molecular weight is 267 g/mol. The number of aromatic nitrogens is 1. The van der Waals surface area contributed by atoms with Crippen LogP contribution < -0.4 is 15.8 Å². The van der Waals surface area contributed by atoms with Crippen molar-refractivity contribution in [2.24, 2.45) is 0 Å². The topological polar surface area (TPSA) is 69.4 Å². The minimum Gasteiger partial charge on any atom is -0.473 e. The molecule has 0 saturated heterocycles. The van der Waals surface area contributed by atoms with E-state index in [-0.39, 0.29) is 6.10 Å². The Kier molecular flexibility index (Phi) is 7.03. The van der Waals surface area contributed by atoms with Crippen molar-refractivity contribution in [3.05, 3.63) is 12.1 Å². The van der Waals surface area contributed by atoms with Crippen LogP contribution in [0.1, 0.15) is 33.6 Å². The third-order valence-corrected chi connectivity index (χ3v) is 2.36. The van der Waals surface area contributed by atoms with Crippen LogP contribution in [-0.4, -0.2) is 30.8 Å². The number of ether oxygens (including phenoxy) is 2. The molecule has 0 amide bonds. The molecule has 0 aliphatic carbocycles. The molecule has 0 aromatic carbocycles. The summed E-state index contributed by atoms with van der Waals surface area (Å²) in [6.07, 6.45) is 2.07. The number of anilines is 2. The summed E-state index contributed by atoms with van der Waals surface area (Å²) in [5.41, 5.74) is 6.37. The molecule has 0 radical (unpaired) electrons. The van der Waals surface area contributed by atoms with E-state index in [9.17, 15) is 0 Å². The molecule has 0 atom stereocenters. The van der Waals surface area contributed by atoms with Gasteiger partial charge in [-0.2, -0.15) is 4.98 Å². The summed E-state index contributed by atoms with van der Waals surface area (Å²) < 4.78 is 11.0. The first-order valence-electron chi connectivity index (χ1n) is 6.88. The van der Waals surface area contributed by atoms with Crippen LogP contribution in [-0.2, 0) is 4.74 Å². The van der Waals surface area contributed by atoms with Gasteiger partial charge in [0.05, 0.1) is 11.8 Å². The van der Waals surface area contributed by atoms with Crippen molar-refractivity contribution >= 4 is 11.5 Å². The molecular formula is C14H25N3O2. The maximum absolute atomic E-state index is 5.81. The van der Waals surface area contributed by atoms with Crippen LogP contribution in [0.5, 0.6) is 5.88 Å². The second kappa shape index (κ2) is 8.58. The summed E-state index contributed by atoms with van der Waals surface area (Å²) >= 11 is 0. The third kappa shape index (κ3) is 6.29. The van der Waals surface area contributed by atoms with Gasteiger partial charge in [-0.1, -0.05) is 6.92 Å². The number of pyridine rings is 1. The fourth-order valence-electron chi connectivity index (χ4n) is 1.50. The Labute approximate surface area is 115 Å². The molecule has 0 aliphatic rings. The van der Waals surface area contributed by atoms with Gasteiger partial charge in [0.1, 0.15) is 5.82 Å². The highest BCUT2D eigenvalue weighted by Gasteiger charge is 2.06. The quantitative estimate of drug-likeness (QED) is 0.673. The summed E-state index contributed by atoms with van der Waals surface area (Å²) in [5, 5.41) is 3.24. The molecule has 1 aromatic heterocycles. The second-order valence-electron chi connectivity index (χ2n) is 4.65. The molecule has 0 aliphatic heterocycles. The lowest BCUT2D eigenvalue weighted by Gasteiger charge is -2.13. The zero-order valence-corrected chi connectivity index (χ0v) is 12.1. The van der Waals surface area contributed by atoms with E-state index >= 15 is 0 Å². The zero-order chi connectivity index (χ0) is 14.1. The number of hydrogen-bond donors (Lipinski definition) is 2. The maximum atomic E-state index is 5.81. The maximum Gasteiger partial charge on any atom is 0.239 e. The van der Waals surface area contributed by atoms with Crippen LogP contribution >= 0.6 is 0 Å². The SMILES string of the molecule is CCCOCCCNc1ccc(N)c(OC(C)C)n1. The van der Waals surface area contributed by atoms with Crippen molar-refractivity contribution in [1.82, 2.24) is 4.98 Å². The van der Waals surface area contributed by atoms with Crippen LogP contribution in [0.3, 0.4) is 0 Å². The Bertz CT molecular complexity index is 370. The zero-order valence-electron chi connectivity index (χ0n) is 12.1. The molecule has 5 nitrogen and oxygen atoms in total. The van der Waals surface area contributed by atoms with Crippen LogP contribution in [0.25, 0.3) is 0 Å². The lowest BCUT2D eigenvalue weighted by Crippen LogP contribution is -2.11. The number of nitrogen functional groups attached to an aromatic ring is 1. The smallest absolute Gasteiger partial charge is 0.239 e. The number of nitrogens with one attached hydrogen (secondary N) is 1. The molecule has 5 heteroatoms. The molecule has 3 N–H and O–H groups in total. The van der Waals surface area contributed by atoms with E-state index in [2.05, 4.69) is 17.2 Å². The lowest BCUT2D eigenvalue weighted by atomic mass is 10.3. The molecule has 1 aromatic rings. The van der Waals surface area contributed by atoms with Crippen molar-refractivity contribution in [2.75, 3.05) is 30.8 Å². The molecule has 1 rings (SSSR count). The van der Waals surface area contributed by atoms with Crippen molar-refractivity contribution in [2.45, 2.75) is 39.7 Å². The van der Waals surface area contributed by atoms with Crippen molar-refractivity contribution in [3.63, 3.8) is 0 Å². The van der Waals surface area contributed by atoms with Crippen LogP contribution in [0, 0.1) is 0 Å². The highest BCUT2D eigenvalue weighted by Crippen LogP contribution is 2.21. The highest BCUT2D eigenvalue weighted by atomic mass is 16.5. The standard InChI is InChI=1S/C14H25N3O2/c1-4-9-18-10-5-8-16-13-7-6-12(15)14(17-13)19-11(2)3/h6-7,11H,4-5,8-10,15H2,1-3H3,(H,16,17). The van der Waals surface area contributed by atoms with E-state index in [1.54, 1.807) is 6.07 Å². The minimum atomic E-state index is 0.0625. The first-order chi connectivity index (χ1) is 9.13. The lowest BCUT2D eigenvalue weighted by molar-refractivity contribution is 0.134. The molecular weight excluding hydrogens is 242 g/mol. The van der Waals surface area contributed by atoms with Gasteiger partial charge < -0.3 is 20.5 Å². The van der Waals surface area contributed by atoms with E-state index < -0.39 is 0 Å². The van der Waals surface area contributed by atoms with Crippen LogP contribution in [0.15, 0.2) is 12.1 Å². The first-order valence-corrected chi connectivity index (χ1v) is 6.88. The van der Waals surface area contributed by atoms with Crippen LogP contribution in [0.2, 0.25) is 0 Å². The first kappa shape index (κ1) is 15.6. The van der Waals surface area contributed by atoms with E-state index in [1.165, 1.54) is 0 Å². The van der Waals surface area contributed by atoms with Gasteiger partial charge in [-0.05, 0) is 38.8 Å². The number of rotatable bonds is 9. The number of nitrogens with zero attached hydrogens (tertiary/aromatic N) is 1. The number of hydrogen-bond acceptors (Lipinski definition) is 5. The van der Waals surface area contributed by atoms with E-state index in [1.807, 2.05) is 19.9 Å².